The number of carboxylic acids is 1. The summed E-state index contributed by atoms with van der Waals surface area (Å²) in [5.74, 6) is -0.921. The van der Waals surface area contributed by atoms with Crippen LogP contribution < -0.4 is 5.73 Å². The fourth-order valence-electron chi connectivity index (χ4n) is 1.19. The van der Waals surface area contributed by atoms with E-state index in [9.17, 15) is 4.79 Å². The number of hydrogen-bond acceptors (Lipinski definition) is 4. The van der Waals surface area contributed by atoms with Crippen LogP contribution in [0.5, 0.6) is 0 Å². The molecule has 0 atom stereocenters. The zero-order valence-corrected chi connectivity index (χ0v) is 8.49. The van der Waals surface area contributed by atoms with Gasteiger partial charge in [0.25, 0.3) is 0 Å². The van der Waals surface area contributed by atoms with E-state index in [1.54, 1.807) is 29.8 Å². The highest BCUT2D eigenvalue weighted by atomic mass is 32.1. The minimum Gasteiger partial charge on any atom is -0.477 e. The first kappa shape index (κ1) is 9.67. The number of pyridine rings is 1. The van der Waals surface area contributed by atoms with Gasteiger partial charge >= 0.3 is 5.97 Å². The second-order valence-electron chi connectivity index (χ2n) is 2.98. The summed E-state index contributed by atoms with van der Waals surface area (Å²) in [4.78, 5) is 15.1. The average Bonchev–Trinajstić information content (AvgIpc) is 2.66. The van der Waals surface area contributed by atoms with E-state index >= 15 is 0 Å². The smallest absolute Gasteiger partial charge is 0.345 e. The van der Waals surface area contributed by atoms with E-state index in [0.29, 0.717) is 16.3 Å². The molecule has 0 bridgehead atoms. The molecular formula is C10H8N2O2S. The molecule has 15 heavy (non-hydrogen) atoms. The van der Waals surface area contributed by atoms with Crippen LogP contribution in [0.15, 0.2) is 29.8 Å². The van der Waals surface area contributed by atoms with Crippen LogP contribution in [-0.2, 0) is 0 Å². The number of aromatic carboxylic acids is 1. The minimum atomic E-state index is -0.921. The summed E-state index contributed by atoms with van der Waals surface area (Å²) in [6.07, 6.45) is 1.60. The summed E-state index contributed by atoms with van der Waals surface area (Å²) in [5.41, 5.74) is 7.70. The summed E-state index contributed by atoms with van der Waals surface area (Å²) in [6, 6.07) is 5.00. The van der Waals surface area contributed by atoms with Crippen molar-refractivity contribution in [3.8, 4) is 11.3 Å². The summed E-state index contributed by atoms with van der Waals surface area (Å²) in [7, 11) is 0. The van der Waals surface area contributed by atoms with Gasteiger partial charge in [-0.15, -0.1) is 11.3 Å². The lowest BCUT2D eigenvalue weighted by atomic mass is 10.2. The largest absolute Gasteiger partial charge is 0.477 e. The molecule has 4 nitrogen and oxygen atoms in total. The number of nitrogen functional groups attached to an aromatic ring is 1. The zero-order chi connectivity index (χ0) is 10.8. The van der Waals surface area contributed by atoms with Gasteiger partial charge in [0.15, 0.2) is 0 Å². The summed E-state index contributed by atoms with van der Waals surface area (Å²) in [6.45, 7) is 0. The highest BCUT2D eigenvalue weighted by Crippen LogP contribution is 2.24. The molecule has 0 spiro atoms. The Morgan fingerprint density at radius 3 is 2.87 bits per heavy atom. The summed E-state index contributed by atoms with van der Waals surface area (Å²) in [5, 5.41) is 10.5. The van der Waals surface area contributed by atoms with Crippen molar-refractivity contribution >= 4 is 23.0 Å². The fourth-order valence-corrected chi connectivity index (χ4v) is 1.93. The Bertz CT molecular complexity index is 508. The van der Waals surface area contributed by atoms with Gasteiger partial charge in [-0.2, -0.15) is 0 Å². The molecular weight excluding hydrogens is 212 g/mol. The predicted octanol–water partition coefficient (Wildman–Crippen LogP) is 2.09. The molecule has 2 aromatic heterocycles. The first-order valence-electron chi connectivity index (χ1n) is 4.20. The first-order chi connectivity index (χ1) is 7.16. The molecule has 2 aromatic rings. The van der Waals surface area contributed by atoms with Gasteiger partial charge in [0.2, 0.25) is 0 Å². The monoisotopic (exact) mass is 220 g/mol. The maximum absolute atomic E-state index is 10.7. The van der Waals surface area contributed by atoms with Crippen LogP contribution in [-0.4, -0.2) is 16.1 Å². The van der Waals surface area contributed by atoms with E-state index in [1.165, 1.54) is 11.3 Å². The first-order valence-corrected chi connectivity index (χ1v) is 5.08. The van der Waals surface area contributed by atoms with E-state index in [-0.39, 0.29) is 0 Å². The lowest BCUT2D eigenvalue weighted by molar-refractivity contribution is 0.0702. The topological polar surface area (TPSA) is 76.2 Å². The Kier molecular flexibility index (Phi) is 2.39. The van der Waals surface area contributed by atoms with Crippen molar-refractivity contribution in [2.75, 3.05) is 5.73 Å². The second kappa shape index (κ2) is 3.70. The van der Waals surface area contributed by atoms with Crippen LogP contribution in [0.1, 0.15) is 9.67 Å². The maximum atomic E-state index is 10.7. The third-order valence-electron chi connectivity index (χ3n) is 1.89. The molecule has 2 rings (SSSR count). The fraction of sp³-hybridized carbons (Fsp3) is 0. The Labute approximate surface area is 90.0 Å². The highest BCUT2D eigenvalue weighted by molar-refractivity contribution is 7.12. The molecule has 0 saturated carbocycles. The van der Waals surface area contributed by atoms with E-state index in [4.69, 9.17) is 10.8 Å². The number of carbonyl (C=O) groups is 1. The van der Waals surface area contributed by atoms with Crippen LogP contribution in [0.25, 0.3) is 11.3 Å². The van der Waals surface area contributed by atoms with Gasteiger partial charge in [0.1, 0.15) is 4.88 Å². The molecule has 5 heteroatoms. The number of aromatic nitrogens is 1. The predicted molar refractivity (Wildman–Crippen MR) is 58.9 cm³/mol. The lowest BCUT2D eigenvalue weighted by Crippen LogP contribution is -1.90. The van der Waals surface area contributed by atoms with Gasteiger partial charge in [0, 0.05) is 22.8 Å². The number of rotatable bonds is 2. The number of thiophene rings is 1. The molecule has 3 N–H and O–H groups in total. The van der Waals surface area contributed by atoms with Crippen LogP contribution >= 0.6 is 11.3 Å². The van der Waals surface area contributed by atoms with Crippen molar-refractivity contribution < 1.29 is 9.90 Å². The molecule has 0 radical (unpaired) electrons. The van der Waals surface area contributed by atoms with Crippen molar-refractivity contribution in [2.45, 2.75) is 0 Å². The average molecular weight is 220 g/mol. The molecule has 0 aliphatic rings. The molecule has 0 aliphatic heterocycles. The third-order valence-corrected chi connectivity index (χ3v) is 2.81. The second-order valence-corrected chi connectivity index (χ2v) is 3.89. The van der Waals surface area contributed by atoms with Crippen LogP contribution in [0.2, 0.25) is 0 Å². The molecule has 0 amide bonds. The zero-order valence-electron chi connectivity index (χ0n) is 7.68. The van der Waals surface area contributed by atoms with Crippen molar-refractivity contribution in [1.29, 1.82) is 0 Å². The van der Waals surface area contributed by atoms with E-state index in [2.05, 4.69) is 4.98 Å². The highest BCUT2D eigenvalue weighted by Gasteiger charge is 2.08. The molecule has 76 valence electrons. The molecule has 2 heterocycles. The van der Waals surface area contributed by atoms with Gasteiger partial charge in [-0.1, -0.05) is 0 Å². The quantitative estimate of drug-likeness (QED) is 0.812. The summed E-state index contributed by atoms with van der Waals surface area (Å²) < 4.78 is 0. The number of hydrogen-bond donors (Lipinski definition) is 2. The maximum Gasteiger partial charge on any atom is 0.345 e. The van der Waals surface area contributed by atoms with Gasteiger partial charge in [0.05, 0.1) is 5.69 Å². The summed E-state index contributed by atoms with van der Waals surface area (Å²) >= 11 is 1.18. The standard InChI is InChI=1S/C10H8N2O2S/c11-7-1-2-12-8(4-7)6-3-9(10(13)14)15-5-6/h1-5H,(H2,11,12)(H,13,14). The van der Waals surface area contributed by atoms with Crippen LogP contribution in [0.3, 0.4) is 0 Å². The van der Waals surface area contributed by atoms with E-state index < -0.39 is 5.97 Å². The van der Waals surface area contributed by atoms with Gasteiger partial charge in [-0.25, -0.2) is 4.79 Å². The van der Waals surface area contributed by atoms with Crippen LogP contribution in [0.4, 0.5) is 5.69 Å². The lowest BCUT2D eigenvalue weighted by Gasteiger charge is -1.97. The number of nitrogens with zero attached hydrogens (tertiary/aromatic N) is 1. The molecule has 0 aromatic carbocycles. The Balaban J connectivity index is 2.41. The number of nitrogens with two attached hydrogens (primary N) is 1. The van der Waals surface area contributed by atoms with Gasteiger partial charge in [-0.05, 0) is 18.2 Å². The molecule has 0 saturated heterocycles. The number of carboxylic acid groups (broad SMARTS) is 1. The Hall–Kier alpha value is -1.88. The van der Waals surface area contributed by atoms with Gasteiger partial charge in [-0.3, -0.25) is 4.98 Å². The molecule has 0 unspecified atom stereocenters. The Morgan fingerprint density at radius 2 is 2.27 bits per heavy atom. The van der Waals surface area contributed by atoms with Crippen molar-refractivity contribution in [2.24, 2.45) is 0 Å². The SMILES string of the molecule is Nc1ccnc(-c2csc(C(=O)O)c2)c1. The van der Waals surface area contributed by atoms with E-state index in [1.807, 2.05) is 0 Å². The molecule has 0 aliphatic carbocycles. The van der Waals surface area contributed by atoms with Crippen molar-refractivity contribution in [3.63, 3.8) is 0 Å². The van der Waals surface area contributed by atoms with Crippen molar-refractivity contribution in [1.82, 2.24) is 4.98 Å². The third kappa shape index (κ3) is 1.97. The normalized spacial score (nSPS) is 10.1. The van der Waals surface area contributed by atoms with Crippen molar-refractivity contribution in [3.05, 3.63) is 34.7 Å². The van der Waals surface area contributed by atoms with Gasteiger partial charge < -0.3 is 10.8 Å². The van der Waals surface area contributed by atoms with E-state index in [0.717, 1.165) is 5.56 Å². The molecule has 0 fully saturated rings. The minimum absolute atomic E-state index is 0.300. The number of anilines is 1. The van der Waals surface area contributed by atoms with Crippen LogP contribution in [0, 0.1) is 0 Å². The Morgan fingerprint density at radius 1 is 1.47 bits per heavy atom.